The first-order valence-corrected chi connectivity index (χ1v) is 7.96. The SMILES string of the molecule is COc1ccccc1C(=O)C[C@@H]1C(C#N)=C(N)Oc2ccc(Cl)cc21. The molecule has 0 fully saturated rings. The Morgan fingerprint density at radius 3 is 2.84 bits per heavy atom. The average molecular weight is 355 g/mol. The number of para-hydroxylation sites is 1. The van der Waals surface area contributed by atoms with Gasteiger partial charge in [-0.15, -0.1) is 0 Å². The molecule has 25 heavy (non-hydrogen) atoms. The van der Waals surface area contributed by atoms with E-state index in [0.717, 1.165) is 0 Å². The van der Waals surface area contributed by atoms with Crippen LogP contribution in [0.4, 0.5) is 0 Å². The van der Waals surface area contributed by atoms with Crippen molar-refractivity contribution < 1.29 is 14.3 Å². The van der Waals surface area contributed by atoms with Gasteiger partial charge in [-0.1, -0.05) is 23.7 Å². The third-order valence-corrected chi connectivity index (χ3v) is 4.33. The van der Waals surface area contributed by atoms with Crippen molar-refractivity contribution in [1.29, 1.82) is 5.26 Å². The fourth-order valence-electron chi connectivity index (χ4n) is 2.90. The molecule has 0 aromatic heterocycles. The number of benzene rings is 2. The third kappa shape index (κ3) is 3.17. The number of allylic oxidation sites excluding steroid dienone is 1. The zero-order valence-electron chi connectivity index (χ0n) is 13.5. The van der Waals surface area contributed by atoms with E-state index in [1.807, 2.05) is 0 Å². The maximum Gasteiger partial charge on any atom is 0.205 e. The molecular weight excluding hydrogens is 340 g/mol. The fraction of sp³-hybridized carbons (Fsp3) is 0.158. The number of carbonyl (C=O) groups is 1. The lowest BCUT2D eigenvalue weighted by Gasteiger charge is -2.26. The molecule has 2 aromatic rings. The van der Waals surface area contributed by atoms with E-state index in [1.165, 1.54) is 7.11 Å². The zero-order chi connectivity index (χ0) is 18.0. The zero-order valence-corrected chi connectivity index (χ0v) is 14.2. The number of nitrogens with two attached hydrogens (primary N) is 1. The Hall–Kier alpha value is -2.97. The molecule has 0 amide bonds. The molecule has 0 radical (unpaired) electrons. The number of rotatable bonds is 4. The monoisotopic (exact) mass is 354 g/mol. The van der Waals surface area contributed by atoms with Gasteiger partial charge < -0.3 is 15.2 Å². The average Bonchev–Trinajstić information content (AvgIpc) is 2.62. The molecule has 0 saturated carbocycles. The second kappa shape index (κ2) is 6.88. The maximum atomic E-state index is 12.8. The van der Waals surface area contributed by atoms with Crippen molar-refractivity contribution >= 4 is 17.4 Å². The quantitative estimate of drug-likeness (QED) is 0.844. The van der Waals surface area contributed by atoms with Crippen LogP contribution in [0.5, 0.6) is 11.5 Å². The lowest BCUT2D eigenvalue weighted by Crippen LogP contribution is -2.22. The standard InChI is InChI=1S/C19H15ClN2O3/c1-24-17-5-3-2-4-12(17)16(23)9-13-14-8-11(20)6-7-18(14)25-19(22)15(13)10-21/h2-8,13H,9,22H2,1H3/t13-/m0/s1. The molecule has 0 unspecified atom stereocenters. The Morgan fingerprint density at radius 2 is 2.12 bits per heavy atom. The van der Waals surface area contributed by atoms with E-state index in [0.29, 0.717) is 27.6 Å². The van der Waals surface area contributed by atoms with Crippen molar-refractivity contribution in [3.8, 4) is 17.6 Å². The van der Waals surface area contributed by atoms with Crippen LogP contribution in [0.25, 0.3) is 0 Å². The first kappa shape index (κ1) is 16.9. The molecule has 126 valence electrons. The van der Waals surface area contributed by atoms with E-state index in [2.05, 4.69) is 6.07 Å². The predicted molar refractivity (Wildman–Crippen MR) is 93.6 cm³/mol. The first-order valence-electron chi connectivity index (χ1n) is 7.58. The Labute approximate surface area is 150 Å². The van der Waals surface area contributed by atoms with Crippen molar-refractivity contribution in [2.75, 3.05) is 7.11 Å². The fourth-order valence-corrected chi connectivity index (χ4v) is 3.08. The van der Waals surface area contributed by atoms with E-state index in [1.54, 1.807) is 42.5 Å². The van der Waals surface area contributed by atoms with Crippen LogP contribution in [0, 0.1) is 11.3 Å². The van der Waals surface area contributed by atoms with Crippen molar-refractivity contribution in [3.05, 3.63) is 70.1 Å². The van der Waals surface area contributed by atoms with Gasteiger partial charge in [0.05, 0.1) is 18.2 Å². The van der Waals surface area contributed by atoms with Gasteiger partial charge in [-0.2, -0.15) is 5.26 Å². The number of nitrogens with zero attached hydrogens (tertiary/aromatic N) is 1. The highest BCUT2D eigenvalue weighted by Crippen LogP contribution is 2.41. The van der Waals surface area contributed by atoms with Crippen molar-refractivity contribution in [2.45, 2.75) is 12.3 Å². The van der Waals surface area contributed by atoms with Crippen molar-refractivity contribution in [1.82, 2.24) is 0 Å². The highest BCUT2D eigenvalue weighted by Gasteiger charge is 2.32. The van der Waals surface area contributed by atoms with Gasteiger partial charge in [0.25, 0.3) is 0 Å². The summed E-state index contributed by atoms with van der Waals surface area (Å²) in [7, 11) is 1.51. The summed E-state index contributed by atoms with van der Waals surface area (Å²) < 4.78 is 10.7. The van der Waals surface area contributed by atoms with Gasteiger partial charge in [-0.25, -0.2) is 0 Å². The number of ether oxygens (including phenoxy) is 2. The number of Topliss-reactive ketones (excluding diaryl/α,β-unsaturated/α-hetero) is 1. The number of halogens is 1. The summed E-state index contributed by atoms with van der Waals surface area (Å²) >= 11 is 6.08. The van der Waals surface area contributed by atoms with Crippen LogP contribution < -0.4 is 15.2 Å². The largest absolute Gasteiger partial charge is 0.496 e. The van der Waals surface area contributed by atoms with Crippen LogP contribution in [0.15, 0.2) is 53.9 Å². The topological polar surface area (TPSA) is 85.3 Å². The minimum atomic E-state index is -0.523. The van der Waals surface area contributed by atoms with Crippen LogP contribution in [0.1, 0.15) is 28.3 Å². The van der Waals surface area contributed by atoms with Crippen LogP contribution in [0.3, 0.4) is 0 Å². The summed E-state index contributed by atoms with van der Waals surface area (Å²) in [5.74, 6) is 0.316. The molecule has 2 aromatic carbocycles. The normalized spacial score (nSPS) is 15.8. The highest BCUT2D eigenvalue weighted by molar-refractivity contribution is 6.30. The van der Waals surface area contributed by atoms with E-state index in [4.69, 9.17) is 26.8 Å². The molecule has 0 spiro atoms. The molecular formula is C19H15ClN2O3. The number of fused-ring (bicyclic) bond motifs is 1. The molecule has 3 rings (SSSR count). The Kier molecular flexibility index (Phi) is 4.64. The molecule has 0 aliphatic carbocycles. The van der Waals surface area contributed by atoms with Gasteiger partial charge in [0.1, 0.15) is 17.6 Å². The Balaban J connectivity index is 2.02. The molecule has 1 aliphatic rings. The van der Waals surface area contributed by atoms with Gasteiger partial charge in [0.2, 0.25) is 5.88 Å². The van der Waals surface area contributed by atoms with E-state index < -0.39 is 5.92 Å². The highest BCUT2D eigenvalue weighted by atomic mass is 35.5. The minimum absolute atomic E-state index is 0.00940. The van der Waals surface area contributed by atoms with Crippen LogP contribution >= 0.6 is 11.6 Å². The maximum absolute atomic E-state index is 12.8. The lowest BCUT2D eigenvalue weighted by molar-refractivity contribution is 0.0973. The van der Waals surface area contributed by atoms with Gasteiger partial charge in [0, 0.05) is 22.9 Å². The minimum Gasteiger partial charge on any atom is -0.496 e. The summed E-state index contributed by atoms with van der Waals surface area (Å²) in [6.07, 6.45) is 0.0562. The van der Waals surface area contributed by atoms with Crippen molar-refractivity contribution in [2.24, 2.45) is 5.73 Å². The van der Waals surface area contributed by atoms with Gasteiger partial charge in [-0.3, -0.25) is 4.79 Å². The van der Waals surface area contributed by atoms with E-state index in [9.17, 15) is 10.1 Å². The molecule has 2 N–H and O–H groups in total. The molecule has 1 aliphatic heterocycles. The first-order chi connectivity index (χ1) is 12.0. The van der Waals surface area contributed by atoms with Gasteiger partial charge in [0.15, 0.2) is 5.78 Å². The number of carbonyl (C=O) groups excluding carboxylic acids is 1. The summed E-state index contributed by atoms with van der Waals surface area (Å²) in [6, 6.07) is 14.1. The second-order valence-corrected chi connectivity index (χ2v) is 5.99. The Bertz CT molecular complexity index is 915. The van der Waals surface area contributed by atoms with Crippen LogP contribution in [0.2, 0.25) is 5.02 Å². The molecule has 6 heteroatoms. The third-order valence-electron chi connectivity index (χ3n) is 4.10. The smallest absolute Gasteiger partial charge is 0.205 e. The second-order valence-electron chi connectivity index (χ2n) is 5.55. The molecule has 0 saturated heterocycles. The van der Waals surface area contributed by atoms with Crippen LogP contribution in [-0.4, -0.2) is 12.9 Å². The molecule has 1 heterocycles. The molecule has 5 nitrogen and oxygen atoms in total. The summed E-state index contributed by atoms with van der Waals surface area (Å²) in [5, 5.41) is 9.97. The van der Waals surface area contributed by atoms with Gasteiger partial charge in [-0.05, 0) is 30.3 Å². The Morgan fingerprint density at radius 1 is 1.36 bits per heavy atom. The lowest BCUT2D eigenvalue weighted by atomic mass is 9.84. The van der Waals surface area contributed by atoms with E-state index >= 15 is 0 Å². The number of hydrogen-bond acceptors (Lipinski definition) is 5. The van der Waals surface area contributed by atoms with Crippen molar-refractivity contribution in [3.63, 3.8) is 0 Å². The summed E-state index contributed by atoms with van der Waals surface area (Å²) in [6.45, 7) is 0. The predicted octanol–water partition coefficient (Wildman–Crippen LogP) is 3.79. The number of methoxy groups -OCH3 is 1. The number of hydrogen-bond donors (Lipinski definition) is 1. The summed E-state index contributed by atoms with van der Waals surface area (Å²) in [4.78, 5) is 12.8. The van der Waals surface area contributed by atoms with Gasteiger partial charge >= 0.3 is 0 Å². The number of nitriles is 1. The van der Waals surface area contributed by atoms with E-state index in [-0.39, 0.29) is 23.7 Å². The summed E-state index contributed by atoms with van der Waals surface area (Å²) in [5.41, 5.74) is 7.21. The number of ketones is 1. The molecule has 0 bridgehead atoms. The molecule has 1 atom stereocenters. The van der Waals surface area contributed by atoms with Crippen LogP contribution in [-0.2, 0) is 0 Å².